The predicted octanol–water partition coefficient (Wildman–Crippen LogP) is 3.07. The highest BCUT2D eigenvalue weighted by Gasteiger charge is 2.18. The molecule has 0 aliphatic heterocycles. The highest BCUT2D eigenvalue weighted by molar-refractivity contribution is 7.99. The van der Waals surface area contributed by atoms with Crippen molar-refractivity contribution >= 4 is 41.3 Å². The molecule has 1 unspecified atom stereocenters. The Morgan fingerprint density at radius 3 is 2.62 bits per heavy atom. The van der Waals surface area contributed by atoms with Gasteiger partial charge in [-0.15, -0.1) is 0 Å². The third-order valence-electron chi connectivity index (χ3n) is 2.67. The lowest BCUT2D eigenvalue weighted by Gasteiger charge is -2.12. The van der Waals surface area contributed by atoms with E-state index in [-0.39, 0.29) is 0 Å². The molecule has 0 saturated carbocycles. The smallest absolute Gasteiger partial charge is 0.326 e. The first-order valence-electron chi connectivity index (χ1n) is 6.57. The molecule has 2 N–H and O–H groups in total. The molecule has 0 fully saturated rings. The Hall–Kier alpha value is -1.46. The van der Waals surface area contributed by atoms with Crippen molar-refractivity contribution in [2.75, 3.05) is 11.5 Å². The van der Waals surface area contributed by atoms with E-state index in [0.29, 0.717) is 17.2 Å². The molecule has 1 rings (SSSR count). The average molecular weight is 328 g/mol. The SMILES string of the molecule is CCSCCC(NC(=O)/C=C/c1ccc(Cl)cc1)C(=O)O. The van der Waals surface area contributed by atoms with Crippen molar-refractivity contribution in [3.63, 3.8) is 0 Å². The lowest BCUT2D eigenvalue weighted by Crippen LogP contribution is -2.40. The van der Waals surface area contributed by atoms with Crippen LogP contribution in [0, 0.1) is 0 Å². The maximum atomic E-state index is 11.7. The minimum atomic E-state index is -1.01. The van der Waals surface area contributed by atoms with Crippen LogP contribution in [-0.2, 0) is 9.59 Å². The fourth-order valence-corrected chi connectivity index (χ4v) is 2.39. The van der Waals surface area contributed by atoms with Crippen LogP contribution in [0.4, 0.5) is 0 Å². The average Bonchev–Trinajstić information content (AvgIpc) is 2.45. The second-order valence-electron chi connectivity index (χ2n) is 4.27. The molecule has 1 aromatic carbocycles. The molecule has 0 saturated heterocycles. The first-order valence-corrected chi connectivity index (χ1v) is 8.11. The Kier molecular flexibility index (Phi) is 7.93. The van der Waals surface area contributed by atoms with Gasteiger partial charge >= 0.3 is 5.97 Å². The summed E-state index contributed by atoms with van der Waals surface area (Å²) in [5, 5.41) is 12.2. The van der Waals surface area contributed by atoms with Crippen LogP contribution in [0.3, 0.4) is 0 Å². The molecule has 114 valence electrons. The quantitative estimate of drug-likeness (QED) is 0.569. The Morgan fingerprint density at radius 2 is 2.05 bits per heavy atom. The summed E-state index contributed by atoms with van der Waals surface area (Å²) in [4.78, 5) is 22.8. The number of aliphatic carboxylic acids is 1. The standard InChI is InChI=1S/C15H18ClNO3S/c1-2-21-10-9-13(15(19)20)17-14(18)8-5-11-3-6-12(16)7-4-11/h3-8,13H,2,9-10H2,1H3,(H,17,18)(H,19,20)/b8-5+. The summed E-state index contributed by atoms with van der Waals surface area (Å²) in [6.45, 7) is 2.01. The summed E-state index contributed by atoms with van der Waals surface area (Å²) < 4.78 is 0. The van der Waals surface area contributed by atoms with Crippen molar-refractivity contribution in [3.05, 3.63) is 40.9 Å². The molecule has 0 aromatic heterocycles. The topological polar surface area (TPSA) is 66.4 Å². The van der Waals surface area contributed by atoms with Gasteiger partial charge in [0.1, 0.15) is 6.04 Å². The van der Waals surface area contributed by atoms with Gasteiger partial charge in [-0.1, -0.05) is 30.7 Å². The number of thioether (sulfide) groups is 1. The normalized spacial score (nSPS) is 12.3. The van der Waals surface area contributed by atoms with E-state index in [4.69, 9.17) is 16.7 Å². The van der Waals surface area contributed by atoms with E-state index >= 15 is 0 Å². The van der Waals surface area contributed by atoms with Crippen molar-refractivity contribution in [3.8, 4) is 0 Å². The third-order valence-corrected chi connectivity index (χ3v) is 3.85. The number of hydrogen-bond donors (Lipinski definition) is 2. The van der Waals surface area contributed by atoms with Gasteiger partial charge in [-0.3, -0.25) is 4.79 Å². The number of carboxylic acids is 1. The van der Waals surface area contributed by atoms with Crippen LogP contribution in [0.5, 0.6) is 0 Å². The molecule has 0 heterocycles. The first-order chi connectivity index (χ1) is 10.0. The van der Waals surface area contributed by atoms with Crippen LogP contribution in [0.25, 0.3) is 6.08 Å². The molecule has 1 aromatic rings. The number of carbonyl (C=O) groups excluding carboxylic acids is 1. The Morgan fingerprint density at radius 1 is 1.38 bits per heavy atom. The second-order valence-corrected chi connectivity index (χ2v) is 6.10. The number of nitrogens with one attached hydrogen (secondary N) is 1. The number of rotatable bonds is 8. The monoisotopic (exact) mass is 327 g/mol. The first kappa shape index (κ1) is 17.6. The second kappa shape index (κ2) is 9.47. The van der Waals surface area contributed by atoms with Crippen molar-refractivity contribution in [1.29, 1.82) is 0 Å². The van der Waals surface area contributed by atoms with E-state index in [9.17, 15) is 9.59 Å². The summed E-state index contributed by atoms with van der Waals surface area (Å²) in [6.07, 6.45) is 3.35. The highest BCUT2D eigenvalue weighted by Crippen LogP contribution is 2.10. The molecule has 21 heavy (non-hydrogen) atoms. The van der Waals surface area contributed by atoms with Crippen molar-refractivity contribution in [1.82, 2.24) is 5.32 Å². The zero-order valence-electron chi connectivity index (χ0n) is 11.7. The zero-order chi connectivity index (χ0) is 15.7. The molecule has 0 bridgehead atoms. The van der Waals surface area contributed by atoms with E-state index in [2.05, 4.69) is 5.32 Å². The van der Waals surface area contributed by atoms with E-state index in [1.165, 1.54) is 6.08 Å². The lowest BCUT2D eigenvalue weighted by atomic mass is 10.2. The molecule has 1 amide bonds. The number of carbonyl (C=O) groups is 2. The highest BCUT2D eigenvalue weighted by atomic mass is 35.5. The van der Waals surface area contributed by atoms with Gasteiger partial charge in [0, 0.05) is 11.1 Å². The molecule has 1 atom stereocenters. The molecule has 0 spiro atoms. The van der Waals surface area contributed by atoms with Crippen LogP contribution < -0.4 is 5.32 Å². The zero-order valence-corrected chi connectivity index (χ0v) is 13.3. The summed E-state index contributed by atoms with van der Waals surface area (Å²) in [6, 6.07) is 6.14. The fourth-order valence-electron chi connectivity index (χ4n) is 1.57. The van der Waals surface area contributed by atoms with E-state index in [0.717, 1.165) is 11.3 Å². The number of benzene rings is 1. The van der Waals surface area contributed by atoms with E-state index in [1.54, 1.807) is 42.1 Å². The molecule has 0 aliphatic rings. The summed E-state index contributed by atoms with van der Waals surface area (Å²) in [5.74, 6) is 0.199. The van der Waals surface area contributed by atoms with Gasteiger partial charge in [-0.25, -0.2) is 4.79 Å². The summed E-state index contributed by atoms with van der Waals surface area (Å²) in [7, 11) is 0. The van der Waals surface area contributed by atoms with Gasteiger partial charge in [0.25, 0.3) is 0 Å². The van der Waals surface area contributed by atoms with Crippen LogP contribution in [0.2, 0.25) is 5.02 Å². The molecule has 0 radical (unpaired) electrons. The summed E-state index contributed by atoms with van der Waals surface area (Å²) in [5.41, 5.74) is 0.822. The maximum absolute atomic E-state index is 11.7. The predicted molar refractivity (Wildman–Crippen MR) is 87.7 cm³/mol. The van der Waals surface area contributed by atoms with Crippen LogP contribution in [0.1, 0.15) is 18.9 Å². The van der Waals surface area contributed by atoms with Crippen LogP contribution >= 0.6 is 23.4 Å². The van der Waals surface area contributed by atoms with Gasteiger partial charge < -0.3 is 10.4 Å². The Labute approximate surface area is 133 Å². The molecule has 4 nitrogen and oxygen atoms in total. The van der Waals surface area contributed by atoms with Crippen molar-refractivity contribution < 1.29 is 14.7 Å². The maximum Gasteiger partial charge on any atom is 0.326 e. The summed E-state index contributed by atoms with van der Waals surface area (Å²) >= 11 is 7.42. The van der Waals surface area contributed by atoms with E-state index < -0.39 is 17.9 Å². The van der Waals surface area contributed by atoms with Gasteiger partial charge in [-0.2, -0.15) is 11.8 Å². The van der Waals surface area contributed by atoms with Gasteiger partial charge in [-0.05, 0) is 41.7 Å². The van der Waals surface area contributed by atoms with Crippen molar-refractivity contribution in [2.45, 2.75) is 19.4 Å². The minimum absolute atomic E-state index is 0.411. The molecular weight excluding hydrogens is 310 g/mol. The number of hydrogen-bond acceptors (Lipinski definition) is 3. The molecular formula is C15H18ClNO3S. The fraction of sp³-hybridized carbons (Fsp3) is 0.333. The molecule has 0 aliphatic carbocycles. The number of amides is 1. The van der Waals surface area contributed by atoms with E-state index in [1.807, 2.05) is 6.92 Å². The minimum Gasteiger partial charge on any atom is -0.480 e. The van der Waals surface area contributed by atoms with Gasteiger partial charge in [0.05, 0.1) is 0 Å². The number of halogens is 1. The van der Waals surface area contributed by atoms with Gasteiger partial charge in [0.15, 0.2) is 0 Å². The van der Waals surface area contributed by atoms with Crippen LogP contribution in [0.15, 0.2) is 30.3 Å². The Bertz CT molecular complexity index is 502. The molecule has 6 heteroatoms. The number of carboxylic acid groups (broad SMARTS) is 1. The van der Waals surface area contributed by atoms with Crippen molar-refractivity contribution in [2.24, 2.45) is 0 Å². The Balaban J connectivity index is 2.53. The third kappa shape index (κ3) is 7.20. The largest absolute Gasteiger partial charge is 0.480 e. The van der Waals surface area contributed by atoms with Gasteiger partial charge in [0.2, 0.25) is 5.91 Å². The lowest BCUT2D eigenvalue weighted by molar-refractivity contribution is -0.141. The van der Waals surface area contributed by atoms with Crippen LogP contribution in [-0.4, -0.2) is 34.5 Å².